The van der Waals surface area contributed by atoms with E-state index in [9.17, 15) is 0 Å². The third-order valence-corrected chi connectivity index (χ3v) is 13.0. The van der Waals surface area contributed by atoms with Crippen LogP contribution in [0.1, 0.15) is 151 Å². The predicted octanol–water partition coefficient (Wildman–Crippen LogP) is 19.1. The van der Waals surface area contributed by atoms with Crippen molar-refractivity contribution in [2.75, 3.05) is 7.11 Å². The summed E-state index contributed by atoms with van der Waals surface area (Å²) in [6.07, 6.45) is 15.8. The first-order valence-electron chi connectivity index (χ1n) is 29.0. The molecular formula is C72H88N6O4. The highest BCUT2D eigenvalue weighted by molar-refractivity contribution is 5.80. The predicted molar refractivity (Wildman–Crippen MR) is 341 cm³/mol. The largest absolute Gasteiger partial charge is 0.469 e. The quantitative estimate of drug-likeness (QED) is 0.124. The van der Waals surface area contributed by atoms with Crippen LogP contribution in [0.3, 0.4) is 0 Å². The molecule has 0 aliphatic carbocycles. The second-order valence-corrected chi connectivity index (χ2v) is 19.7. The molecule has 3 aromatic carbocycles. The van der Waals surface area contributed by atoms with E-state index < -0.39 is 0 Å². The topological polar surface area (TPSA) is 129 Å². The van der Waals surface area contributed by atoms with Crippen LogP contribution in [-0.2, 0) is 52.0 Å². The number of hydrogen-bond acceptors (Lipinski definition) is 9. The van der Waals surface area contributed by atoms with Crippen molar-refractivity contribution in [2.24, 2.45) is 7.05 Å². The molecule has 82 heavy (non-hydrogen) atoms. The molecule has 10 nitrogen and oxygen atoms in total. The molecule has 0 aliphatic heterocycles. The molecule has 0 unspecified atom stereocenters. The minimum atomic E-state index is 0.395. The van der Waals surface area contributed by atoms with Gasteiger partial charge in [-0.2, -0.15) is 5.26 Å². The Morgan fingerprint density at radius 2 is 1.20 bits per heavy atom. The maximum Gasteiger partial charge on any atom is 0.284 e. The highest BCUT2D eigenvalue weighted by atomic mass is 16.6. The van der Waals surface area contributed by atoms with Crippen LogP contribution in [0.4, 0.5) is 0 Å². The van der Waals surface area contributed by atoms with Gasteiger partial charge in [-0.15, -0.1) is 0 Å². The number of aryl methyl sites for hydroxylation is 8. The highest BCUT2D eigenvalue weighted by Crippen LogP contribution is 2.20. The Hall–Kier alpha value is -8.55. The van der Waals surface area contributed by atoms with Gasteiger partial charge in [0.25, 0.3) is 5.95 Å². The smallest absolute Gasteiger partial charge is 0.284 e. The van der Waals surface area contributed by atoms with Crippen molar-refractivity contribution < 1.29 is 18.0 Å². The van der Waals surface area contributed by atoms with Crippen molar-refractivity contribution in [1.29, 1.82) is 5.26 Å². The molecule has 11 rings (SSSR count). The molecule has 8 heterocycles. The number of furan rings is 3. The lowest BCUT2D eigenvalue weighted by Crippen LogP contribution is -1.91. The number of nitrogens with zero attached hydrogens (tertiary/aromatic N) is 6. The summed E-state index contributed by atoms with van der Waals surface area (Å²) in [4.78, 5) is 17.7. The Morgan fingerprint density at radius 1 is 0.537 bits per heavy atom. The number of fused-ring (bicyclic) bond motifs is 3. The van der Waals surface area contributed by atoms with Gasteiger partial charge in [-0.3, -0.25) is 19.9 Å². The summed E-state index contributed by atoms with van der Waals surface area (Å²) < 4.78 is 22.1. The van der Waals surface area contributed by atoms with E-state index in [0.29, 0.717) is 23.5 Å². The van der Waals surface area contributed by atoms with Crippen LogP contribution in [0.25, 0.3) is 32.7 Å². The van der Waals surface area contributed by atoms with Crippen molar-refractivity contribution in [3.63, 3.8) is 0 Å². The minimum absolute atomic E-state index is 0.395. The Bertz CT molecular complexity index is 3390. The normalized spacial score (nSPS) is 10.1. The highest BCUT2D eigenvalue weighted by Gasteiger charge is 2.03. The van der Waals surface area contributed by atoms with E-state index in [0.717, 1.165) is 84.5 Å². The summed E-state index contributed by atoms with van der Waals surface area (Å²) in [5.41, 5.74) is 10.9. The van der Waals surface area contributed by atoms with E-state index in [2.05, 4.69) is 197 Å². The molecule has 0 radical (unpaired) electrons. The van der Waals surface area contributed by atoms with Crippen molar-refractivity contribution in [2.45, 2.75) is 139 Å². The molecule has 0 aliphatic rings. The molecule has 11 aromatic rings. The monoisotopic (exact) mass is 1100 g/mol. The van der Waals surface area contributed by atoms with Gasteiger partial charge in [-0.25, -0.2) is 0 Å². The maximum absolute atomic E-state index is 8.30. The SMILES string of the molecule is CC(C)c1ccc2ccccc2n1.CC(C)c1ccc2ncccc2c1.CCCc1ccc(CC)cn1.CCc1ccc(C#N)o1.CCc1ccc(OC)o1.CCc1ccc2ccccc2n1.CCc1cccn1C.CCc1ccco1. The maximum atomic E-state index is 8.30. The molecule has 0 fully saturated rings. The zero-order valence-corrected chi connectivity index (χ0v) is 51.0. The minimum Gasteiger partial charge on any atom is -0.469 e. The standard InChI is InChI=1S/2C12H13N.C11H11N.C10H15N.C7H7NO.C7H11N.C7H10O2.C6H8O/c1-9(2)10-5-6-12-11(8-10)4-3-7-13-12;1-9(2)11-8-7-10-5-3-4-6-12(10)13-11;1-2-10-8-7-9-5-3-4-6-11(9)12-10;1-3-5-10-7-6-9(4-2)8-11-10;1-2-6-3-4-7(5-8)9-6;1-3-7-5-4-6-8(7)2;1-3-6-4-5-7(8-2)9-6;1-2-6-4-3-5-7-6/h2*3-9H,1-2H3;3-8H,2H2,1H3;6-8H,3-5H2,1-2H3;3-4H,2H2,1H3;4-6H,3H2,1-2H3;4-5H,3H2,1-2H3;3-5H,2H2,1H3. The van der Waals surface area contributed by atoms with Gasteiger partial charge in [0.1, 0.15) is 23.3 Å². The van der Waals surface area contributed by atoms with Gasteiger partial charge < -0.3 is 22.6 Å². The van der Waals surface area contributed by atoms with Crippen LogP contribution in [-0.4, -0.2) is 31.6 Å². The second-order valence-electron chi connectivity index (χ2n) is 19.7. The molecular weight excluding hydrogens is 1010 g/mol. The fourth-order valence-corrected chi connectivity index (χ4v) is 7.89. The van der Waals surface area contributed by atoms with Crippen molar-refractivity contribution in [1.82, 2.24) is 24.5 Å². The lowest BCUT2D eigenvalue weighted by molar-refractivity contribution is 0.295. The van der Waals surface area contributed by atoms with Gasteiger partial charge in [0.15, 0.2) is 0 Å². The first-order valence-corrected chi connectivity index (χ1v) is 29.0. The van der Waals surface area contributed by atoms with Gasteiger partial charge in [0.2, 0.25) is 5.76 Å². The fourth-order valence-electron chi connectivity index (χ4n) is 7.89. The van der Waals surface area contributed by atoms with Crippen molar-refractivity contribution in [3.05, 3.63) is 246 Å². The average Bonchev–Trinajstić information content (AvgIpc) is 4.50. The lowest BCUT2D eigenvalue weighted by atomic mass is 10.0. The van der Waals surface area contributed by atoms with E-state index in [4.69, 9.17) is 23.3 Å². The van der Waals surface area contributed by atoms with E-state index in [1.54, 1.807) is 19.4 Å². The summed E-state index contributed by atoms with van der Waals surface area (Å²) in [5.74, 6) is 4.96. The molecule has 0 bridgehead atoms. The fraction of sp³-hybridized carbons (Fsp3) is 0.319. The molecule has 0 N–H and O–H groups in total. The summed E-state index contributed by atoms with van der Waals surface area (Å²) in [6, 6.07) is 56.9. The van der Waals surface area contributed by atoms with Crippen LogP contribution >= 0.6 is 0 Å². The number of nitriles is 1. The van der Waals surface area contributed by atoms with Crippen LogP contribution < -0.4 is 4.74 Å². The number of para-hydroxylation sites is 2. The summed E-state index contributed by atoms with van der Waals surface area (Å²) in [7, 11) is 3.66. The van der Waals surface area contributed by atoms with Gasteiger partial charge in [-0.1, -0.05) is 149 Å². The molecule has 0 atom stereocenters. The first-order chi connectivity index (χ1) is 39.8. The van der Waals surface area contributed by atoms with Crippen LogP contribution in [0.2, 0.25) is 0 Å². The number of ether oxygens (including phenoxy) is 1. The molecule has 0 saturated carbocycles. The number of hydrogen-bond donors (Lipinski definition) is 0. The third-order valence-electron chi connectivity index (χ3n) is 13.0. The van der Waals surface area contributed by atoms with Gasteiger partial charge in [-0.05, 0) is 140 Å². The van der Waals surface area contributed by atoms with Gasteiger partial charge >= 0.3 is 0 Å². The van der Waals surface area contributed by atoms with Crippen molar-refractivity contribution >= 4 is 32.7 Å². The summed E-state index contributed by atoms with van der Waals surface area (Å²) >= 11 is 0. The molecule has 0 amide bonds. The molecule has 0 spiro atoms. The Labute approximate surface area is 489 Å². The van der Waals surface area contributed by atoms with E-state index in [1.165, 1.54) is 50.8 Å². The molecule has 430 valence electrons. The molecule has 8 aromatic heterocycles. The summed E-state index contributed by atoms with van der Waals surface area (Å²) in [5, 5.41) is 12.0. The van der Waals surface area contributed by atoms with E-state index in [-0.39, 0.29) is 0 Å². The third kappa shape index (κ3) is 23.3. The van der Waals surface area contributed by atoms with Crippen LogP contribution in [0, 0.1) is 11.3 Å². The van der Waals surface area contributed by atoms with Crippen molar-refractivity contribution in [3.8, 4) is 12.0 Å². The number of rotatable bonds is 11. The van der Waals surface area contributed by atoms with E-state index >= 15 is 0 Å². The second kappa shape index (κ2) is 37.4. The lowest BCUT2D eigenvalue weighted by Gasteiger charge is -2.05. The number of aromatic nitrogens is 5. The Kier molecular flexibility index (Phi) is 30.1. The summed E-state index contributed by atoms with van der Waals surface area (Å²) in [6.45, 7) is 23.4. The van der Waals surface area contributed by atoms with Crippen LogP contribution in [0.5, 0.6) is 5.95 Å². The average molecular weight is 1100 g/mol. The number of pyridine rings is 4. The molecule has 0 saturated heterocycles. The first kappa shape index (κ1) is 66.0. The number of methoxy groups -OCH3 is 1. The Balaban J connectivity index is 0.000000203. The van der Waals surface area contributed by atoms with E-state index in [1.807, 2.05) is 93.0 Å². The van der Waals surface area contributed by atoms with Gasteiger partial charge in [0, 0.05) is 89.9 Å². The number of benzene rings is 3. The van der Waals surface area contributed by atoms with Crippen LogP contribution in [0.15, 0.2) is 202 Å². The Morgan fingerprint density at radius 3 is 1.68 bits per heavy atom. The van der Waals surface area contributed by atoms with Gasteiger partial charge in [0.05, 0.1) is 29.9 Å². The molecule has 10 heteroatoms. The zero-order chi connectivity index (χ0) is 59.5. The zero-order valence-electron chi connectivity index (χ0n) is 51.0.